The molecule has 112 valence electrons. The van der Waals surface area contributed by atoms with Gasteiger partial charge in [0.05, 0.1) is 5.69 Å². The Morgan fingerprint density at radius 1 is 1.30 bits per heavy atom. The molecule has 1 aliphatic carbocycles. The molecule has 1 unspecified atom stereocenters. The Bertz CT molecular complexity index is 539. The Morgan fingerprint density at radius 2 is 1.95 bits per heavy atom. The van der Waals surface area contributed by atoms with Gasteiger partial charge in [-0.05, 0) is 37.9 Å². The van der Waals surface area contributed by atoms with E-state index in [1.165, 1.54) is 19.9 Å². The lowest BCUT2D eigenvalue weighted by molar-refractivity contribution is 0.461. The number of sulfonamides is 1. The topological polar surface area (TPSA) is 84.2 Å². The third-order valence-corrected chi connectivity index (χ3v) is 5.48. The fourth-order valence-electron chi connectivity index (χ4n) is 2.86. The summed E-state index contributed by atoms with van der Waals surface area (Å²) in [7, 11) is -2.04. The molecule has 6 heteroatoms. The molecule has 0 aliphatic heterocycles. The highest BCUT2D eigenvalue weighted by Gasteiger charge is 2.25. The summed E-state index contributed by atoms with van der Waals surface area (Å²) in [5.41, 5.74) is 6.49. The third-order valence-electron chi connectivity index (χ3n) is 4.01. The van der Waals surface area contributed by atoms with Crippen LogP contribution in [0.3, 0.4) is 0 Å². The minimum Gasteiger partial charge on any atom is -0.380 e. The van der Waals surface area contributed by atoms with Crippen LogP contribution in [0.15, 0.2) is 29.2 Å². The molecule has 20 heavy (non-hydrogen) atoms. The van der Waals surface area contributed by atoms with Crippen LogP contribution in [0.5, 0.6) is 0 Å². The summed E-state index contributed by atoms with van der Waals surface area (Å²) in [5.74, 6) is 0.533. The molecule has 0 spiro atoms. The molecule has 0 bridgehead atoms. The zero-order valence-electron chi connectivity index (χ0n) is 11.8. The summed E-state index contributed by atoms with van der Waals surface area (Å²) in [6.45, 7) is 0.513. The molecule has 0 radical (unpaired) electrons. The molecule has 0 saturated heterocycles. The van der Waals surface area contributed by atoms with Gasteiger partial charge in [0.25, 0.3) is 0 Å². The van der Waals surface area contributed by atoms with Crippen molar-refractivity contribution < 1.29 is 8.42 Å². The molecule has 0 aromatic heterocycles. The van der Waals surface area contributed by atoms with Gasteiger partial charge in [0.15, 0.2) is 0 Å². The first-order valence-corrected chi connectivity index (χ1v) is 8.56. The van der Waals surface area contributed by atoms with Crippen molar-refractivity contribution in [2.45, 2.75) is 36.6 Å². The Kier molecular flexibility index (Phi) is 5.01. The van der Waals surface area contributed by atoms with Crippen LogP contribution in [0.2, 0.25) is 0 Å². The van der Waals surface area contributed by atoms with Gasteiger partial charge in [0.2, 0.25) is 10.0 Å². The van der Waals surface area contributed by atoms with E-state index in [-0.39, 0.29) is 10.9 Å². The van der Waals surface area contributed by atoms with Crippen LogP contribution < -0.4 is 15.8 Å². The molecule has 1 aliphatic rings. The molecule has 0 heterocycles. The van der Waals surface area contributed by atoms with Crippen molar-refractivity contribution in [3.05, 3.63) is 24.3 Å². The van der Waals surface area contributed by atoms with Crippen LogP contribution in [0.25, 0.3) is 0 Å². The number of rotatable bonds is 6. The van der Waals surface area contributed by atoms with Crippen molar-refractivity contribution in [1.29, 1.82) is 0 Å². The highest BCUT2D eigenvalue weighted by molar-refractivity contribution is 7.89. The van der Waals surface area contributed by atoms with Crippen LogP contribution >= 0.6 is 0 Å². The van der Waals surface area contributed by atoms with Crippen LogP contribution in [0.4, 0.5) is 5.69 Å². The van der Waals surface area contributed by atoms with Crippen LogP contribution in [0, 0.1) is 5.92 Å². The largest absolute Gasteiger partial charge is 0.380 e. The highest BCUT2D eigenvalue weighted by Crippen LogP contribution is 2.30. The van der Waals surface area contributed by atoms with Gasteiger partial charge in [-0.1, -0.05) is 25.0 Å². The predicted molar refractivity (Wildman–Crippen MR) is 81.1 cm³/mol. The number of hydrogen-bond donors (Lipinski definition) is 3. The number of benzene rings is 1. The zero-order valence-corrected chi connectivity index (χ0v) is 12.6. The van der Waals surface area contributed by atoms with Gasteiger partial charge in [0.1, 0.15) is 4.90 Å². The van der Waals surface area contributed by atoms with Crippen molar-refractivity contribution in [3.8, 4) is 0 Å². The minimum absolute atomic E-state index is 0.130. The van der Waals surface area contributed by atoms with Crippen LogP contribution in [-0.4, -0.2) is 28.1 Å². The van der Waals surface area contributed by atoms with E-state index in [9.17, 15) is 8.42 Å². The smallest absolute Gasteiger partial charge is 0.242 e. The fourth-order valence-corrected chi connectivity index (χ4v) is 3.75. The first-order chi connectivity index (χ1) is 9.58. The normalized spacial score (nSPS) is 18.1. The Balaban J connectivity index is 2.24. The van der Waals surface area contributed by atoms with Crippen molar-refractivity contribution in [2.24, 2.45) is 11.7 Å². The quantitative estimate of drug-likeness (QED) is 0.743. The molecule has 1 aromatic carbocycles. The lowest BCUT2D eigenvalue weighted by Crippen LogP contribution is -2.36. The Morgan fingerprint density at radius 3 is 2.55 bits per heavy atom. The van der Waals surface area contributed by atoms with Crippen molar-refractivity contribution in [1.82, 2.24) is 4.72 Å². The van der Waals surface area contributed by atoms with Crippen molar-refractivity contribution in [3.63, 3.8) is 0 Å². The summed E-state index contributed by atoms with van der Waals surface area (Å²) in [4.78, 5) is 0.277. The molecule has 0 amide bonds. The van der Waals surface area contributed by atoms with E-state index in [2.05, 4.69) is 10.0 Å². The zero-order chi connectivity index (χ0) is 14.6. The SMILES string of the molecule is CNS(=O)(=O)c1ccccc1NC(CN)C1CCCC1. The molecule has 5 nitrogen and oxygen atoms in total. The second kappa shape index (κ2) is 6.56. The summed E-state index contributed by atoms with van der Waals surface area (Å²) in [5, 5.41) is 3.34. The van der Waals surface area contributed by atoms with E-state index >= 15 is 0 Å². The van der Waals surface area contributed by atoms with Gasteiger partial charge in [0, 0.05) is 12.6 Å². The minimum atomic E-state index is -3.46. The maximum absolute atomic E-state index is 12.0. The molecule has 2 rings (SSSR count). The van der Waals surface area contributed by atoms with Crippen molar-refractivity contribution in [2.75, 3.05) is 18.9 Å². The number of hydrogen-bond acceptors (Lipinski definition) is 4. The second-order valence-corrected chi connectivity index (χ2v) is 7.09. The number of para-hydroxylation sites is 1. The van der Waals surface area contributed by atoms with Gasteiger partial charge in [-0.25, -0.2) is 13.1 Å². The average molecular weight is 297 g/mol. The van der Waals surface area contributed by atoms with Gasteiger partial charge in [-0.3, -0.25) is 0 Å². The monoisotopic (exact) mass is 297 g/mol. The van der Waals surface area contributed by atoms with E-state index in [1.807, 2.05) is 6.07 Å². The third kappa shape index (κ3) is 3.31. The molecule has 1 atom stereocenters. The maximum Gasteiger partial charge on any atom is 0.242 e. The average Bonchev–Trinajstić information content (AvgIpc) is 2.99. The number of nitrogens with one attached hydrogen (secondary N) is 2. The highest BCUT2D eigenvalue weighted by atomic mass is 32.2. The fraction of sp³-hybridized carbons (Fsp3) is 0.571. The number of nitrogens with two attached hydrogens (primary N) is 1. The van der Waals surface area contributed by atoms with Gasteiger partial charge < -0.3 is 11.1 Å². The molecular weight excluding hydrogens is 274 g/mol. The van der Waals surface area contributed by atoms with Gasteiger partial charge >= 0.3 is 0 Å². The van der Waals surface area contributed by atoms with Gasteiger partial charge in [-0.15, -0.1) is 0 Å². The predicted octanol–water partition coefficient (Wildman–Crippen LogP) is 1.52. The first-order valence-electron chi connectivity index (χ1n) is 7.07. The molecule has 1 aromatic rings. The van der Waals surface area contributed by atoms with E-state index in [0.29, 0.717) is 18.2 Å². The molecular formula is C14H23N3O2S. The maximum atomic E-state index is 12.0. The van der Waals surface area contributed by atoms with Gasteiger partial charge in [-0.2, -0.15) is 0 Å². The summed E-state index contributed by atoms with van der Waals surface area (Å²) < 4.78 is 26.4. The van der Waals surface area contributed by atoms with E-state index in [4.69, 9.17) is 5.73 Å². The molecule has 4 N–H and O–H groups in total. The summed E-state index contributed by atoms with van der Waals surface area (Å²) in [6, 6.07) is 7.09. The molecule has 1 saturated carbocycles. The van der Waals surface area contributed by atoms with E-state index in [1.54, 1.807) is 18.2 Å². The molecule has 1 fully saturated rings. The van der Waals surface area contributed by atoms with Crippen LogP contribution in [0.1, 0.15) is 25.7 Å². The summed E-state index contributed by atoms with van der Waals surface area (Å²) >= 11 is 0. The Labute approximate surface area is 121 Å². The number of anilines is 1. The Hall–Kier alpha value is -1.11. The van der Waals surface area contributed by atoms with E-state index < -0.39 is 10.0 Å². The lowest BCUT2D eigenvalue weighted by Gasteiger charge is -2.25. The standard InChI is InChI=1S/C14H23N3O2S/c1-16-20(18,19)14-9-5-4-8-12(14)17-13(10-15)11-6-2-3-7-11/h4-5,8-9,11,13,16-17H,2-3,6-7,10,15H2,1H3. The van der Waals surface area contributed by atoms with E-state index in [0.717, 1.165) is 12.8 Å². The van der Waals surface area contributed by atoms with Crippen molar-refractivity contribution >= 4 is 15.7 Å². The summed E-state index contributed by atoms with van der Waals surface area (Å²) in [6.07, 6.45) is 4.80. The lowest BCUT2D eigenvalue weighted by atomic mass is 9.98. The second-order valence-electron chi connectivity index (χ2n) is 5.23. The van der Waals surface area contributed by atoms with Crippen LogP contribution in [-0.2, 0) is 10.0 Å². The first kappa shape index (κ1) is 15.3.